The van der Waals surface area contributed by atoms with E-state index >= 15 is 0 Å². The molecule has 1 aliphatic rings. The number of amides is 2. The summed E-state index contributed by atoms with van der Waals surface area (Å²) in [6.07, 6.45) is 0.383. The molecule has 2 aromatic rings. The molecule has 1 heterocycles. The Morgan fingerprint density at radius 2 is 1.46 bits per heavy atom. The molecule has 0 fully saturated rings. The van der Waals surface area contributed by atoms with Crippen molar-refractivity contribution in [2.75, 3.05) is 0 Å². The summed E-state index contributed by atoms with van der Waals surface area (Å²) in [4.78, 5) is 51.0. The molecule has 0 saturated heterocycles. The van der Waals surface area contributed by atoms with Gasteiger partial charge in [0.05, 0.1) is 11.1 Å². The Morgan fingerprint density at radius 1 is 0.929 bits per heavy atom. The van der Waals surface area contributed by atoms with E-state index in [1.807, 2.05) is 0 Å². The number of imide groups is 1. The van der Waals surface area contributed by atoms with Crippen LogP contribution < -0.4 is 4.74 Å². The maximum atomic E-state index is 12.8. The van der Waals surface area contributed by atoms with Crippen molar-refractivity contribution in [3.8, 4) is 5.75 Å². The average molecular weight is 379 g/mol. The lowest BCUT2D eigenvalue weighted by atomic mass is 10.0. The highest BCUT2D eigenvalue weighted by atomic mass is 16.5. The van der Waals surface area contributed by atoms with E-state index in [9.17, 15) is 19.2 Å². The van der Waals surface area contributed by atoms with Crippen LogP contribution in [-0.2, 0) is 4.79 Å². The summed E-state index contributed by atoms with van der Waals surface area (Å²) in [6.45, 7) is 5.27. The van der Waals surface area contributed by atoms with Crippen LogP contribution in [0.15, 0.2) is 48.5 Å². The second kappa shape index (κ2) is 7.76. The van der Waals surface area contributed by atoms with Gasteiger partial charge < -0.3 is 4.74 Å². The van der Waals surface area contributed by atoms with Crippen molar-refractivity contribution >= 4 is 23.6 Å². The summed E-state index contributed by atoms with van der Waals surface area (Å²) in [6, 6.07) is 11.7. The molecular weight excluding hydrogens is 358 g/mol. The fourth-order valence-corrected chi connectivity index (χ4v) is 3.23. The van der Waals surface area contributed by atoms with Gasteiger partial charge >= 0.3 is 5.97 Å². The molecule has 0 aromatic heterocycles. The molecular formula is C22H21NO5. The van der Waals surface area contributed by atoms with E-state index in [-0.39, 0.29) is 28.6 Å². The van der Waals surface area contributed by atoms with Gasteiger partial charge in [-0.2, -0.15) is 0 Å². The number of rotatable bonds is 6. The Morgan fingerprint density at radius 3 is 1.93 bits per heavy atom. The van der Waals surface area contributed by atoms with Crippen molar-refractivity contribution in [1.82, 2.24) is 4.90 Å². The van der Waals surface area contributed by atoms with Crippen LogP contribution in [-0.4, -0.2) is 34.5 Å². The van der Waals surface area contributed by atoms with Crippen LogP contribution >= 0.6 is 0 Å². The Labute approximate surface area is 163 Å². The highest BCUT2D eigenvalue weighted by molar-refractivity contribution is 6.22. The van der Waals surface area contributed by atoms with E-state index in [0.717, 1.165) is 4.90 Å². The summed E-state index contributed by atoms with van der Waals surface area (Å²) in [5.74, 6) is -1.79. The molecule has 0 saturated carbocycles. The van der Waals surface area contributed by atoms with Gasteiger partial charge in [-0.05, 0) is 42.3 Å². The normalized spacial score (nSPS) is 14.2. The molecule has 1 atom stereocenters. The Hall–Kier alpha value is -3.28. The smallest absolute Gasteiger partial charge is 0.335 e. The second-order valence-corrected chi connectivity index (χ2v) is 6.94. The standard InChI is InChI=1S/C22H21NO5/c1-4-18(24)14-9-11-15(12-10-14)28-22(27)19(13(2)3)23-20(25)16-7-5-6-8-17(16)21(23)26/h5-13,19H,4H2,1-3H3. The van der Waals surface area contributed by atoms with Gasteiger partial charge in [0.25, 0.3) is 11.8 Å². The molecule has 144 valence electrons. The molecule has 3 rings (SSSR count). The summed E-state index contributed by atoms with van der Waals surface area (Å²) in [5.41, 5.74) is 1.10. The van der Waals surface area contributed by atoms with Gasteiger partial charge in [-0.3, -0.25) is 19.3 Å². The minimum Gasteiger partial charge on any atom is -0.425 e. The van der Waals surface area contributed by atoms with Crippen LogP contribution in [0.4, 0.5) is 0 Å². The summed E-state index contributed by atoms with van der Waals surface area (Å²) < 4.78 is 5.42. The Balaban J connectivity index is 1.83. The van der Waals surface area contributed by atoms with Crippen molar-refractivity contribution in [1.29, 1.82) is 0 Å². The Bertz CT molecular complexity index is 911. The number of hydrogen-bond acceptors (Lipinski definition) is 5. The van der Waals surface area contributed by atoms with Crippen LogP contribution in [0.5, 0.6) is 5.75 Å². The van der Waals surface area contributed by atoms with Crippen molar-refractivity contribution in [2.45, 2.75) is 33.2 Å². The van der Waals surface area contributed by atoms with Gasteiger partial charge in [0.15, 0.2) is 5.78 Å². The maximum Gasteiger partial charge on any atom is 0.335 e. The van der Waals surface area contributed by atoms with E-state index < -0.39 is 23.8 Å². The topological polar surface area (TPSA) is 80.8 Å². The number of nitrogens with zero attached hydrogens (tertiary/aromatic N) is 1. The number of carbonyl (C=O) groups is 4. The average Bonchev–Trinajstić information content (AvgIpc) is 2.93. The molecule has 0 radical (unpaired) electrons. The fraction of sp³-hybridized carbons (Fsp3) is 0.273. The molecule has 0 bridgehead atoms. The van der Waals surface area contributed by atoms with Gasteiger partial charge in [0.2, 0.25) is 0 Å². The molecule has 1 unspecified atom stereocenters. The van der Waals surface area contributed by atoms with Gasteiger partial charge in [-0.25, -0.2) is 4.79 Å². The summed E-state index contributed by atoms with van der Waals surface area (Å²) in [5, 5.41) is 0. The quantitative estimate of drug-likeness (QED) is 0.332. The third-order valence-electron chi connectivity index (χ3n) is 4.69. The molecule has 2 amide bonds. The van der Waals surface area contributed by atoms with Crippen LogP contribution in [0.1, 0.15) is 58.3 Å². The summed E-state index contributed by atoms with van der Waals surface area (Å²) in [7, 11) is 0. The van der Waals surface area contributed by atoms with Crippen LogP contribution in [0.2, 0.25) is 0 Å². The zero-order valence-corrected chi connectivity index (χ0v) is 16.0. The number of hydrogen-bond donors (Lipinski definition) is 0. The number of benzene rings is 2. The molecule has 6 nitrogen and oxygen atoms in total. The van der Waals surface area contributed by atoms with Crippen molar-refractivity contribution in [3.63, 3.8) is 0 Å². The van der Waals surface area contributed by atoms with E-state index in [0.29, 0.717) is 12.0 Å². The third kappa shape index (κ3) is 3.45. The first-order chi connectivity index (χ1) is 13.3. The number of carbonyl (C=O) groups excluding carboxylic acids is 4. The SMILES string of the molecule is CCC(=O)c1ccc(OC(=O)C(C(C)C)N2C(=O)c3ccccc3C2=O)cc1. The number of ketones is 1. The van der Waals surface area contributed by atoms with Crippen LogP contribution in [0, 0.1) is 5.92 Å². The lowest BCUT2D eigenvalue weighted by molar-refractivity contribution is -0.140. The first kappa shape index (κ1) is 19.5. The number of Topliss-reactive ketones (excluding diaryl/α,β-unsaturated/α-hetero) is 1. The molecule has 0 N–H and O–H groups in total. The fourth-order valence-electron chi connectivity index (χ4n) is 3.23. The lowest BCUT2D eigenvalue weighted by Crippen LogP contribution is -2.49. The van der Waals surface area contributed by atoms with Crippen molar-refractivity contribution in [2.24, 2.45) is 5.92 Å². The highest BCUT2D eigenvalue weighted by Crippen LogP contribution is 2.28. The van der Waals surface area contributed by atoms with Crippen molar-refractivity contribution < 1.29 is 23.9 Å². The van der Waals surface area contributed by atoms with E-state index in [1.165, 1.54) is 12.1 Å². The number of fused-ring (bicyclic) bond motifs is 1. The third-order valence-corrected chi connectivity index (χ3v) is 4.69. The predicted molar refractivity (Wildman–Crippen MR) is 102 cm³/mol. The molecule has 28 heavy (non-hydrogen) atoms. The van der Waals surface area contributed by atoms with Gasteiger partial charge in [-0.15, -0.1) is 0 Å². The largest absolute Gasteiger partial charge is 0.425 e. The molecule has 2 aromatic carbocycles. The van der Waals surface area contributed by atoms with E-state index in [1.54, 1.807) is 57.2 Å². The predicted octanol–water partition coefficient (Wildman–Crippen LogP) is 3.51. The minimum atomic E-state index is -1.05. The number of ether oxygens (including phenoxy) is 1. The number of esters is 1. The maximum absolute atomic E-state index is 12.8. The minimum absolute atomic E-state index is 0.0102. The van der Waals surface area contributed by atoms with Crippen molar-refractivity contribution in [3.05, 3.63) is 65.2 Å². The van der Waals surface area contributed by atoms with Crippen LogP contribution in [0.3, 0.4) is 0 Å². The van der Waals surface area contributed by atoms with E-state index in [4.69, 9.17) is 4.74 Å². The molecule has 6 heteroatoms. The van der Waals surface area contributed by atoms with Crippen LogP contribution in [0.25, 0.3) is 0 Å². The van der Waals surface area contributed by atoms with Gasteiger partial charge in [0, 0.05) is 12.0 Å². The molecule has 0 spiro atoms. The van der Waals surface area contributed by atoms with E-state index in [2.05, 4.69) is 0 Å². The Kier molecular flexibility index (Phi) is 5.40. The molecule has 0 aliphatic carbocycles. The molecule has 1 aliphatic heterocycles. The first-order valence-corrected chi connectivity index (χ1v) is 9.17. The highest BCUT2D eigenvalue weighted by Gasteiger charge is 2.44. The lowest BCUT2D eigenvalue weighted by Gasteiger charge is -2.27. The first-order valence-electron chi connectivity index (χ1n) is 9.17. The zero-order chi connectivity index (χ0) is 20.4. The van der Waals surface area contributed by atoms with Gasteiger partial charge in [-0.1, -0.05) is 32.9 Å². The zero-order valence-electron chi connectivity index (χ0n) is 16.0. The second-order valence-electron chi connectivity index (χ2n) is 6.94. The van der Waals surface area contributed by atoms with Gasteiger partial charge in [0.1, 0.15) is 11.8 Å². The summed E-state index contributed by atoms with van der Waals surface area (Å²) >= 11 is 0. The monoisotopic (exact) mass is 379 g/mol.